The number of ether oxygens (including phenoxy) is 1. The molecule has 0 amide bonds. The van der Waals surface area contributed by atoms with Crippen LogP contribution in [-0.4, -0.2) is 22.1 Å². The van der Waals surface area contributed by atoms with Crippen LogP contribution in [-0.2, 0) is 0 Å². The second-order valence-electron chi connectivity index (χ2n) is 4.39. The number of benzene rings is 2. The maximum Gasteiger partial charge on any atom is 0.156 e. The van der Waals surface area contributed by atoms with Crippen LogP contribution >= 0.6 is 0 Å². The first-order valence-corrected chi connectivity index (χ1v) is 6.32. The first-order valence-electron chi connectivity index (χ1n) is 6.32. The van der Waals surface area contributed by atoms with Crippen LogP contribution in [0.15, 0.2) is 48.5 Å². The van der Waals surface area contributed by atoms with E-state index in [1.165, 1.54) is 10.7 Å². The zero-order valence-corrected chi connectivity index (χ0v) is 11.3. The minimum Gasteiger partial charge on any atom is -0.496 e. The standard InChI is InChI=1S/C15H13FN4O/c1-21-13-9-5-2-6-10(13)14-15(17)20(19-18-14)12-8-4-3-7-11(12)16/h2-9H,17H2,1H3. The monoisotopic (exact) mass is 284 g/mol. The molecule has 0 saturated heterocycles. The number of nitrogens with zero attached hydrogens (tertiary/aromatic N) is 3. The Bertz CT molecular complexity index is 785. The number of aromatic nitrogens is 3. The first-order chi connectivity index (χ1) is 10.2. The van der Waals surface area contributed by atoms with Crippen LogP contribution in [0.1, 0.15) is 0 Å². The number of nitrogen functional groups attached to an aromatic ring is 1. The molecule has 6 heteroatoms. The molecule has 0 bridgehead atoms. The lowest BCUT2D eigenvalue weighted by atomic mass is 10.1. The molecule has 0 fully saturated rings. The molecular weight excluding hydrogens is 271 g/mol. The van der Waals surface area contributed by atoms with Gasteiger partial charge in [-0.1, -0.05) is 29.5 Å². The molecule has 2 aromatic carbocycles. The Hall–Kier alpha value is -2.89. The lowest BCUT2D eigenvalue weighted by molar-refractivity contribution is 0.416. The van der Waals surface area contributed by atoms with Crippen molar-refractivity contribution in [2.45, 2.75) is 0 Å². The van der Waals surface area contributed by atoms with Gasteiger partial charge in [0.2, 0.25) is 0 Å². The van der Waals surface area contributed by atoms with Crippen molar-refractivity contribution in [3.63, 3.8) is 0 Å². The molecule has 3 rings (SSSR count). The third-order valence-electron chi connectivity index (χ3n) is 3.15. The topological polar surface area (TPSA) is 66.0 Å². The highest BCUT2D eigenvalue weighted by Crippen LogP contribution is 2.32. The fraction of sp³-hybridized carbons (Fsp3) is 0.0667. The summed E-state index contributed by atoms with van der Waals surface area (Å²) >= 11 is 0. The van der Waals surface area contributed by atoms with Crippen molar-refractivity contribution in [2.75, 3.05) is 12.8 Å². The Morgan fingerprint density at radius 1 is 1.10 bits per heavy atom. The third-order valence-corrected chi connectivity index (χ3v) is 3.15. The minimum atomic E-state index is -0.416. The summed E-state index contributed by atoms with van der Waals surface area (Å²) in [7, 11) is 1.57. The van der Waals surface area contributed by atoms with Gasteiger partial charge < -0.3 is 10.5 Å². The Morgan fingerprint density at radius 3 is 2.57 bits per heavy atom. The lowest BCUT2D eigenvalue weighted by Crippen LogP contribution is -2.04. The molecule has 0 spiro atoms. The largest absolute Gasteiger partial charge is 0.496 e. The number of hydrogen-bond donors (Lipinski definition) is 1. The van der Waals surface area contributed by atoms with Crippen LogP contribution in [0.4, 0.5) is 10.2 Å². The molecule has 21 heavy (non-hydrogen) atoms. The van der Waals surface area contributed by atoms with Crippen molar-refractivity contribution >= 4 is 5.82 Å². The van der Waals surface area contributed by atoms with E-state index in [1.807, 2.05) is 18.2 Å². The van der Waals surface area contributed by atoms with E-state index in [0.29, 0.717) is 17.0 Å². The third kappa shape index (κ3) is 2.20. The average Bonchev–Trinajstić information content (AvgIpc) is 2.89. The van der Waals surface area contributed by atoms with Crippen LogP contribution in [0.2, 0.25) is 0 Å². The number of anilines is 1. The van der Waals surface area contributed by atoms with Gasteiger partial charge in [0, 0.05) is 5.56 Å². The molecule has 0 atom stereocenters. The van der Waals surface area contributed by atoms with Crippen molar-refractivity contribution in [3.05, 3.63) is 54.3 Å². The number of rotatable bonds is 3. The lowest BCUT2D eigenvalue weighted by Gasteiger charge is -2.07. The van der Waals surface area contributed by atoms with Gasteiger partial charge >= 0.3 is 0 Å². The van der Waals surface area contributed by atoms with Crippen LogP contribution < -0.4 is 10.5 Å². The van der Waals surface area contributed by atoms with Crippen LogP contribution in [0, 0.1) is 5.82 Å². The molecule has 1 aromatic heterocycles. The van der Waals surface area contributed by atoms with E-state index in [0.717, 1.165) is 0 Å². The average molecular weight is 284 g/mol. The molecule has 3 aromatic rings. The fourth-order valence-electron chi connectivity index (χ4n) is 2.12. The van der Waals surface area contributed by atoms with Gasteiger partial charge in [0.1, 0.15) is 22.9 Å². The van der Waals surface area contributed by atoms with Crippen LogP contribution in [0.3, 0.4) is 0 Å². The van der Waals surface area contributed by atoms with Gasteiger partial charge in [-0.25, -0.2) is 4.39 Å². The molecule has 0 saturated carbocycles. The summed E-state index contributed by atoms with van der Waals surface area (Å²) in [6.45, 7) is 0. The number of methoxy groups -OCH3 is 1. The normalized spacial score (nSPS) is 10.6. The summed E-state index contributed by atoms with van der Waals surface area (Å²) in [5.74, 6) is 0.468. The summed E-state index contributed by atoms with van der Waals surface area (Å²) in [4.78, 5) is 0. The zero-order chi connectivity index (χ0) is 14.8. The summed E-state index contributed by atoms with van der Waals surface area (Å²) < 4.78 is 20.4. The molecule has 5 nitrogen and oxygen atoms in total. The molecule has 0 aliphatic rings. The van der Waals surface area contributed by atoms with Gasteiger partial charge in [-0.15, -0.1) is 5.10 Å². The van der Waals surface area contributed by atoms with E-state index in [1.54, 1.807) is 31.4 Å². The summed E-state index contributed by atoms with van der Waals surface area (Å²) in [6, 6.07) is 13.6. The molecular formula is C15H13FN4O. The molecule has 0 radical (unpaired) electrons. The molecule has 0 unspecified atom stereocenters. The van der Waals surface area contributed by atoms with Gasteiger partial charge in [0.05, 0.1) is 7.11 Å². The van der Waals surface area contributed by atoms with Crippen molar-refractivity contribution in [1.82, 2.24) is 15.0 Å². The van der Waals surface area contributed by atoms with Crippen molar-refractivity contribution in [1.29, 1.82) is 0 Å². The summed E-state index contributed by atoms with van der Waals surface area (Å²) in [5.41, 5.74) is 7.49. The fourth-order valence-corrected chi connectivity index (χ4v) is 2.12. The van der Waals surface area contributed by atoms with Gasteiger partial charge in [-0.3, -0.25) is 0 Å². The van der Waals surface area contributed by atoms with Gasteiger partial charge in [-0.05, 0) is 24.3 Å². The maximum absolute atomic E-state index is 13.8. The minimum absolute atomic E-state index is 0.253. The number of para-hydroxylation sites is 2. The van der Waals surface area contributed by atoms with E-state index in [2.05, 4.69) is 10.3 Å². The Labute approximate surface area is 120 Å². The highest BCUT2D eigenvalue weighted by atomic mass is 19.1. The van der Waals surface area contributed by atoms with E-state index in [9.17, 15) is 4.39 Å². The molecule has 2 N–H and O–H groups in total. The van der Waals surface area contributed by atoms with E-state index < -0.39 is 5.82 Å². The Morgan fingerprint density at radius 2 is 1.81 bits per heavy atom. The molecule has 1 heterocycles. The SMILES string of the molecule is COc1ccccc1-c1nnn(-c2ccccc2F)c1N. The Kier molecular flexibility index (Phi) is 3.27. The van der Waals surface area contributed by atoms with Crippen molar-refractivity contribution in [3.8, 4) is 22.7 Å². The van der Waals surface area contributed by atoms with E-state index >= 15 is 0 Å². The molecule has 0 aliphatic carbocycles. The maximum atomic E-state index is 13.8. The smallest absolute Gasteiger partial charge is 0.156 e. The van der Waals surface area contributed by atoms with Gasteiger partial charge in [-0.2, -0.15) is 4.68 Å². The van der Waals surface area contributed by atoms with E-state index in [-0.39, 0.29) is 11.5 Å². The van der Waals surface area contributed by atoms with Crippen LogP contribution in [0.25, 0.3) is 16.9 Å². The van der Waals surface area contributed by atoms with Gasteiger partial charge in [0.25, 0.3) is 0 Å². The van der Waals surface area contributed by atoms with E-state index in [4.69, 9.17) is 10.5 Å². The summed E-state index contributed by atoms with van der Waals surface area (Å²) in [5, 5.41) is 8.00. The quantitative estimate of drug-likeness (QED) is 0.803. The first kappa shape index (κ1) is 13.1. The predicted molar refractivity (Wildman–Crippen MR) is 77.7 cm³/mol. The highest BCUT2D eigenvalue weighted by Gasteiger charge is 2.17. The number of hydrogen-bond acceptors (Lipinski definition) is 4. The zero-order valence-electron chi connectivity index (χ0n) is 11.3. The van der Waals surface area contributed by atoms with Crippen LogP contribution in [0.5, 0.6) is 5.75 Å². The molecule has 106 valence electrons. The second-order valence-corrected chi connectivity index (χ2v) is 4.39. The Balaban J connectivity index is 2.14. The van der Waals surface area contributed by atoms with Gasteiger partial charge in [0.15, 0.2) is 5.82 Å². The predicted octanol–water partition coefficient (Wildman–Crippen LogP) is 2.66. The van der Waals surface area contributed by atoms with Crippen molar-refractivity contribution < 1.29 is 9.13 Å². The number of halogens is 1. The molecule has 0 aliphatic heterocycles. The second kappa shape index (κ2) is 5.24. The highest BCUT2D eigenvalue weighted by molar-refractivity contribution is 5.75. The number of nitrogens with two attached hydrogens (primary N) is 1. The van der Waals surface area contributed by atoms with Crippen molar-refractivity contribution in [2.24, 2.45) is 0 Å². The summed E-state index contributed by atoms with van der Waals surface area (Å²) in [6.07, 6.45) is 0.